The molecule has 0 fully saturated rings. The van der Waals surface area contributed by atoms with Crippen LogP contribution in [0.4, 0.5) is 5.95 Å². The van der Waals surface area contributed by atoms with Crippen molar-refractivity contribution in [2.24, 2.45) is 4.99 Å². The predicted octanol–water partition coefficient (Wildman–Crippen LogP) is 0.0690. The van der Waals surface area contributed by atoms with Gasteiger partial charge in [-0.05, 0) is 12.1 Å². The summed E-state index contributed by atoms with van der Waals surface area (Å²) >= 11 is 0. The van der Waals surface area contributed by atoms with Gasteiger partial charge in [-0.1, -0.05) is 0 Å². The van der Waals surface area contributed by atoms with Gasteiger partial charge < -0.3 is 0 Å². The van der Waals surface area contributed by atoms with Crippen molar-refractivity contribution in [3.63, 3.8) is 0 Å². The van der Waals surface area contributed by atoms with E-state index in [2.05, 4.69) is 42.7 Å². The second-order valence-corrected chi connectivity index (χ2v) is 3.78. The molecule has 0 aromatic carbocycles. The first-order valence-corrected chi connectivity index (χ1v) is 5.28. The van der Waals surface area contributed by atoms with Crippen LogP contribution >= 0.6 is 0 Å². The molecule has 7 nitrogen and oxygen atoms in total. The van der Waals surface area contributed by atoms with Crippen LogP contribution < -0.4 is 4.90 Å². The Hall–Kier alpha value is -2.70. The minimum absolute atomic E-state index is 0.539. The van der Waals surface area contributed by atoms with Crippen LogP contribution in [0.1, 0.15) is 11.5 Å². The van der Waals surface area contributed by atoms with Gasteiger partial charge in [0.2, 0.25) is 5.95 Å². The van der Waals surface area contributed by atoms with Gasteiger partial charge in [-0.15, -0.1) is 5.10 Å². The van der Waals surface area contributed by atoms with Crippen molar-refractivity contribution in [3.8, 4) is 0 Å². The van der Waals surface area contributed by atoms with Crippen LogP contribution in [0, 0.1) is 6.20 Å². The maximum absolute atomic E-state index is 4.31. The summed E-state index contributed by atoms with van der Waals surface area (Å²) in [5.41, 5.74) is 2.33. The van der Waals surface area contributed by atoms with Gasteiger partial charge in [0.25, 0.3) is 0 Å². The van der Waals surface area contributed by atoms with Crippen molar-refractivity contribution < 1.29 is 0 Å². The Morgan fingerprint density at radius 3 is 3.17 bits per heavy atom. The van der Waals surface area contributed by atoms with Gasteiger partial charge in [-0.2, -0.15) is 10.1 Å². The fraction of sp³-hybridized carbons (Fsp3) is 0.0909. The number of anilines is 1. The summed E-state index contributed by atoms with van der Waals surface area (Å²) in [5.74, 6) is 1.08. The molecule has 0 saturated carbocycles. The third kappa shape index (κ3) is 1.24. The highest BCUT2D eigenvalue weighted by Gasteiger charge is 2.27. The van der Waals surface area contributed by atoms with Crippen molar-refractivity contribution >= 4 is 23.6 Å². The maximum Gasteiger partial charge on any atom is 0.235 e. The van der Waals surface area contributed by atoms with Crippen LogP contribution in [0.5, 0.6) is 0 Å². The standard InChI is InChI=1S/C11H5N7/c1-2-8(17-15-3-1)7-4-18-6-14-9(7)10-12-5-13-11(18)16-10/h1-2,5H,4H2. The van der Waals surface area contributed by atoms with Crippen LogP contribution in [-0.4, -0.2) is 38.0 Å². The van der Waals surface area contributed by atoms with Gasteiger partial charge in [-0.3, -0.25) is 4.90 Å². The fourth-order valence-electron chi connectivity index (χ4n) is 1.91. The fourth-order valence-corrected chi connectivity index (χ4v) is 1.91. The van der Waals surface area contributed by atoms with E-state index < -0.39 is 0 Å². The van der Waals surface area contributed by atoms with Gasteiger partial charge in [-0.25, -0.2) is 15.0 Å². The summed E-state index contributed by atoms with van der Waals surface area (Å²) in [6.45, 7) is 0.562. The molecule has 3 aliphatic rings. The number of hydrogen-bond donors (Lipinski definition) is 0. The molecule has 7 heteroatoms. The minimum Gasteiger partial charge on any atom is -0.287 e. The number of fused-ring (bicyclic) bond motifs is 1. The number of hydrogen-bond acceptors (Lipinski definition) is 7. The lowest BCUT2D eigenvalue weighted by Crippen LogP contribution is -2.26. The first kappa shape index (κ1) is 9.34. The summed E-state index contributed by atoms with van der Waals surface area (Å²) < 4.78 is 0. The van der Waals surface area contributed by atoms with Crippen LogP contribution in [0.2, 0.25) is 0 Å². The summed E-state index contributed by atoms with van der Waals surface area (Å²) in [6.07, 6.45) is 6.99. The van der Waals surface area contributed by atoms with Crippen molar-refractivity contribution in [2.45, 2.75) is 0 Å². The SMILES string of the molecule is [C]1=NC2=C(c3cc[c]nn3)CN1c1ncnc2n1. The van der Waals surface area contributed by atoms with E-state index in [1.807, 2.05) is 6.07 Å². The average molecular weight is 235 g/mol. The Balaban J connectivity index is 1.97. The summed E-state index contributed by atoms with van der Waals surface area (Å²) in [5, 5.41) is 7.81. The molecular formula is C11H5N7. The first-order valence-electron chi connectivity index (χ1n) is 5.28. The van der Waals surface area contributed by atoms with E-state index >= 15 is 0 Å². The highest BCUT2D eigenvalue weighted by Crippen LogP contribution is 2.31. The summed E-state index contributed by atoms with van der Waals surface area (Å²) in [4.78, 5) is 18.5. The highest BCUT2D eigenvalue weighted by molar-refractivity contribution is 6.00. The van der Waals surface area contributed by atoms with E-state index in [0.717, 1.165) is 11.3 Å². The molecule has 2 radical (unpaired) electrons. The van der Waals surface area contributed by atoms with E-state index in [9.17, 15) is 0 Å². The van der Waals surface area contributed by atoms with E-state index in [1.165, 1.54) is 6.33 Å². The second kappa shape index (κ2) is 3.39. The summed E-state index contributed by atoms with van der Waals surface area (Å²) in [7, 11) is 0. The number of nitrogens with zero attached hydrogens (tertiary/aromatic N) is 7. The highest BCUT2D eigenvalue weighted by atomic mass is 15.3. The third-order valence-corrected chi connectivity index (χ3v) is 2.74. The molecule has 5 heterocycles. The van der Waals surface area contributed by atoms with Gasteiger partial charge in [0, 0.05) is 5.57 Å². The molecule has 2 aromatic rings. The van der Waals surface area contributed by atoms with Crippen LogP contribution in [-0.2, 0) is 0 Å². The van der Waals surface area contributed by atoms with Crippen molar-refractivity contribution in [2.75, 3.05) is 11.4 Å². The molecule has 5 rings (SSSR count). The van der Waals surface area contributed by atoms with Gasteiger partial charge in [0.1, 0.15) is 18.2 Å². The molecule has 0 atom stereocenters. The zero-order valence-corrected chi connectivity index (χ0v) is 9.07. The Morgan fingerprint density at radius 1 is 1.28 bits per heavy atom. The van der Waals surface area contributed by atoms with Crippen LogP contribution in [0.3, 0.4) is 0 Å². The minimum atomic E-state index is 0.539. The molecule has 2 aromatic heterocycles. The summed E-state index contributed by atoms with van der Waals surface area (Å²) in [6, 6.07) is 3.55. The van der Waals surface area contributed by atoms with Crippen LogP contribution in [0.25, 0.3) is 11.3 Å². The normalized spacial score (nSPS) is 16.1. The topological polar surface area (TPSA) is 80.0 Å². The zero-order valence-electron chi connectivity index (χ0n) is 9.07. The van der Waals surface area contributed by atoms with E-state index in [4.69, 9.17) is 0 Å². The number of rotatable bonds is 1. The lowest BCUT2D eigenvalue weighted by Gasteiger charge is -2.18. The Bertz CT molecular complexity index is 677. The van der Waals surface area contributed by atoms with Gasteiger partial charge >= 0.3 is 0 Å². The zero-order chi connectivity index (χ0) is 11.9. The molecular weight excluding hydrogens is 230 g/mol. The molecule has 84 valence electrons. The molecule has 0 saturated heterocycles. The lowest BCUT2D eigenvalue weighted by atomic mass is 10.1. The Labute approximate surface area is 102 Å². The molecule has 0 amide bonds. The van der Waals surface area contributed by atoms with Gasteiger partial charge in [0.05, 0.1) is 12.2 Å². The molecule has 4 bridgehead atoms. The van der Waals surface area contributed by atoms with Crippen molar-refractivity contribution in [3.05, 3.63) is 36.2 Å². The molecule has 0 unspecified atom stereocenters. The van der Waals surface area contributed by atoms with Crippen molar-refractivity contribution in [1.82, 2.24) is 25.1 Å². The van der Waals surface area contributed by atoms with Crippen LogP contribution in [0.15, 0.2) is 23.5 Å². The number of aromatic nitrogens is 5. The second-order valence-electron chi connectivity index (χ2n) is 3.78. The average Bonchev–Trinajstić information content (AvgIpc) is 2.64. The van der Waals surface area contributed by atoms with Crippen molar-refractivity contribution in [1.29, 1.82) is 0 Å². The molecule has 3 aliphatic heterocycles. The molecule has 18 heavy (non-hydrogen) atoms. The lowest BCUT2D eigenvalue weighted by molar-refractivity contribution is 0.973. The quantitative estimate of drug-likeness (QED) is 0.695. The molecule has 0 N–H and O–H groups in total. The monoisotopic (exact) mass is 235 g/mol. The number of aliphatic imine (C=N–C) groups is 1. The first-order chi connectivity index (χ1) is 8.92. The third-order valence-electron chi connectivity index (χ3n) is 2.74. The predicted molar refractivity (Wildman–Crippen MR) is 62.3 cm³/mol. The smallest absolute Gasteiger partial charge is 0.235 e. The Kier molecular flexibility index (Phi) is 1.76. The van der Waals surface area contributed by atoms with E-state index in [1.54, 1.807) is 11.0 Å². The van der Waals surface area contributed by atoms with E-state index in [-0.39, 0.29) is 0 Å². The van der Waals surface area contributed by atoms with E-state index in [0.29, 0.717) is 24.0 Å². The largest absolute Gasteiger partial charge is 0.287 e. The van der Waals surface area contributed by atoms with Gasteiger partial charge in [0.15, 0.2) is 12.2 Å². The Morgan fingerprint density at radius 2 is 2.28 bits per heavy atom. The molecule has 0 aliphatic carbocycles. The maximum atomic E-state index is 4.31. The molecule has 0 spiro atoms.